The Balaban J connectivity index is 1.65. The highest BCUT2D eigenvalue weighted by Crippen LogP contribution is 2.26. The van der Waals surface area contributed by atoms with Gasteiger partial charge < -0.3 is 9.30 Å². The number of aryl methyl sites for hydroxylation is 1. The first-order valence-electron chi connectivity index (χ1n) is 8.09. The van der Waals surface area contributed by atoms with Gasteiger partial charge >= 0.3 is 0 Å². The molecular weight excluding hydrogens is 318 g/mol. The molecule has 0 aliphatic heterocycles. The van der Waals surface area contributed by atoms with Crippen LogP contribution in [0.4, 0.5) is 0 Å². The first kappa shape index (κ1) is 16.6. The van der Waals surface area contributed by atoms with E-state index in [9.17, 15) is 0 Å². The molecule has 0 aliphatic rings. The van der Waals surface area contributed by atoms with Crippen LogP contribution in [0.1, 0.15) is 12.5 Å². The predicted octanol–water partition coefficient (Wildman–Crippen LogP) is 4.44. The average Bonchev–Trinajstić information content (AvgIpc) is 3.02. The molecule has 0 saturated heterocycles. The Labute approximate surface area is 146 Å². The van der Waals surface area contributed by atoms with Gasteiger partial charge in [0.1, 0.15) is 5.75 Å². The van der Waals surface area contributed by atoms with Gasteiger partial charge in [0.25, 0.3) is 0 Å². The van der Waals surface area contributed by atoms with E-state index in [1.165, 1.54) is 5.56 Å². The van der Waals surface area contributed by atoms with Crippen LogP contribution in [-0.4, -0.2) is 27.1 Å². The van der Waals surface area contributed by atoms with E-state index in [1.54, 1.807) is 11.8 Å². The van der Waals surface area contributed by atoms with Gasteiger partial charge in [-0.3, -0.25) is 0 Å². The molecule has 0 amide bonds. The molecule has 0 atom stereocenters. The maximum Gasteiger partial charge on any atom is 0.191 e. The molecule has 1 aromatic heterocycles. The molecule has 0 fully saturated rings. The second-order valence-corrected chi connectivity index (χ2v) is 6.44. The van der Waals surface area contributed by atoms with E-state index >= 15 is 0 Å². The maximum absolute atomic E-state index is 5.73. The second-order valence-electron chi connectivity index (χ2n) is 5.38. The van der Waals surface area contributed by atoms with Gasteiger partial charge in [-0.15, -0.1) is 10.2 Å². The fraction of sp³-hybridized carbons (Fsp3) is 0.263. The number of hydrogen-bond donors (Lipinski definition) is 0. The Kier molecular flexibility index (Phi) is 5.54. The molecule has 0 unspecified atom stereocenters. The van der Waals surface area contributed by atoms with E-state index < -0.39 is 0 Å². The first-order chi connectivity index (χ1) is 11.8. The van der Waals surface area contributed by atoms with Crippen molar-refractivity contribution >= 4 is 11.8 Å². The topological polar surface area (TPSA) is 39.9 Å². The lowest BCUT2D eigenvalue weighted by Gasteiger charge is -2.09. The monoisotopic (exact) mass is 339 g/mol. The smallest absolute Gasteiger partial charge is 0.191 e. The van der Waals surface area contributed by atoms with Gasteiger partial charge in [0, 0.05) is 17.9 Å². The summed E-state index contributed by atoms with van der Waals surface area (Å²) in [7, 11) is 0. The molecule has 3 rings (SSSR count). The minimum atomic E-state index is 0.644. The van der Waals surface area contributed by atoms with E-state index in [0.29, 0.717) is 6.61 Å². The molecule has 0 saturated carbocycles. The molecule has 0 N–H and O–H groups in total. The summed E-state index contributed by atoms with van der Waals surface area (Å²) in [6.45, 7) is 5.71. The Morgan fingerprint density at radius 1 is 1.00 bits per heavy atom. The van der Waals surface area contributed by atoms with Crippen molar-refractivity contribution in [3.63, 3.8) is 0 Å². The highest BCUT2D eigenvalue weighted by molar-refractivity contribution is 7.99. The lowest BCUT2D eigenvalue weighted by Crippen LogP contribution is -2.04. The summed E-state index contributed by atoms with van der Waals surface area (Å²) in [5.41, 5.74) is 2.35. The van der Waals surface area contributed by atoms with Gasteiger partial charge in [0.15, 0.2) is 11.0 Å². The van der Waals surface area contributed by atoms with Crippen molar-refractivity contribution in [2.75, 3.05) is 12.4 Å². The van der Waals surface area contributed by atoms with Gasteiger partial charge in [0.05, 0.1) is 6.61 Å². The molecule has 3 aromatic rings. The molecule has 1 heterocycles. The van der Waals surface area contributed by atoms with E-state index in [1.807, 2.05) is 42.5 Å². The van der Waals surface area contributed by atoms with Crippen molar-refractivity contribution in [1.82, 2.24) is 14.8 Å². The SMILES string of the molecule is CCn1c(SCCOc2ccccc2)nnc1-c1ccccc1C. The van der Waals surface area contributed by atoms with Crippen LogP contribution < -0.4 is 4.74 Å². The number of rotatable bonds is 7. The summed E-state index contributed by atoms with van der Waals surface area (Å²) in [5.74, 6) is 2.67. The van der Waals surface area contributed by atoms with Gasteiger partial charge in [-0.2, -0.15) is 0 Å². The molecule has 2 aromatic carbocycles. The molecule has 0 bridgehead atoms. The minimum absolute atomic E-state index is 0.644. The summed E-state index contributed by atoms with van der Waals surface area (Å²) >= 11 is 1.68. The molecular formula is C19H21N3OS. The zero-order chi connectivity index (χ0) is 16.8. The van der Waals surface area contributed by atoms with Crippen LogP contribution >= 0.6 is 11.8 Å². The summed E-state index contributed by atoms with van der Waals surface area (Å²) < 4.78 is 7.90. The zero-order valence-corrected chi connectivity index (χ0v) is 14.8. The largest absolute Gasteiger partial charge is 0.493 e. The number of nitrogens with zero attached hydrogens (tertiary/aromatic N) is 3. The molecule has 24 heavy (non-hydrogen) atoms. The second kappa shape index (κ2) is 8.02. The summed E-state index contributed by atoms with van der Waals surface area (Å²) in [5, 5.41) is 9.71. The van der Waals surface area contributed by atoms with Crippen LogP contribution in [0.2, 0.25) is 0 Å². The number of thioether (sulfide) groups is 1. The lowest BCUT2D eigenvalue weighted by atomic mass is 10.1. The molecule has 124 valence electrons. The third-order valence-corrected chi connectivity index (χ3v) is 4.68. The van der Waals surface area contributed by atoms with Crippen molar-refractivity contribution in [2.45, 2.75) is 25.5 Å². The molecule has 0 spiro atoms. The zero-order valence-electron chi connectivity index (χ0n) is 14.0. The first-order valence-corrected chi connectivity index (χ1v) is 9.08. The van der Waals surface area contributed by atoms with Crippen LogP contribution in [0, 0.1) is 6.92 Å². The number of para-hydroxylation sites is 1. The van der Waals surface area contributed by atoms with E-state index in [0.717, 1.165) is 34.6 Å². The highest BCUT2D eigenvalue weighted by atomic mass is 32.2. The fourth-order valence-corrected chi connectivity index (χ4v) is 3.33. The number of benzene rings is 2. The van der Waals surface area contributed by atoms with Crippen molar-refractivity contribution in [3.8, 4) is 17.1 Å². The number of hydrogen-bond acceptors (Lipinski definition) is 4. The number of aromatic nitrogens is 3. The summed E-state index contributed by atoms with van der Waals surface area (Å²) in [6.07, 6.45) is 0. The van der Waals surface area contributed by atoms with Crippen molar-refractivity contribution in [1.29, 1.82) is 0 Å². The van der Waals surface area contributed by atoms with Crippen molar-refractivity contribution < 1.29 is 4.74 Å². The molecule has 4 nitrogen and oxygen atoms in total. The van der Waals surface area contributed by atoms with Gasteiger partial charge in [0.2, 0.25) is 0 Å². The van der Waals surface area contributed by atoms with Crippen molar-refractivity contribution in [2.24, 2.45) is 0 Å². The van der Waals surface area contributed by atoms with Gasteiger partial charge in [-0.25, -0.2) is 0 Å². The Bertz CT molecular complexity index is 786. The summed E-state index contributed by atoms with van der Waals surface area (Å²) in [4.78, 5) is 0. The van der Waals surface area contributed by atoms with Gasteiger partial charge in [-0.05, 0) is 31.5 Å². The summed E-state index contributed by atoms with van der Waals surface area (Å²) in [6, 6.07) is 18.2. The third-order valence-electron chi connectivity index (χ3n) is 3.75. The average molecular weight is 339 g/mol. The molecule has 0 aliphatic carbocycles. The van der Waals surface area contributed by atoms with Crippen LogP contribution in [0.5, 0.6) is 5.75 Å². The van der Waals surface area contributed by atoms with Crippen LogP contribution in [0.25, 0.3) is 11.4 Å². The molecule has 5 heteroatoms. The highest BCUT2D eigenvalue weighted by Gasteiger charge is 2.14. The van der Waals surface area contributed by atoms with E-state index in [2.05, 4.69) is 40.7 Å². The quantitative estimate of drug-likeness (QED) is 0.471. The normalized spacial score (nSPS) is 10.8. The van der Waals surface area contributed by atoms with Crippen LogP contribution in [0.3, 0.4) is 0 Å². The fourth-order valence-electron chi connectivity index (χ4n) is 2.51. The van der Waals surface area contributed by atoms with Crippen LogP contribution in [0.15, 0.2) is 59.8 Å². The van der Waals surface area contributed by atoms with E-state index in [4.69, 9.17) is 4.74 Å². The van der Waals surface area contributed by atoms with Crippen molar-refractivity contribution in [3.05, 3.63) is 60.2 Å². The predicted molar refractivity (Wildman–Crippen MR) is 98.5 cm³/mol. The van der Waals surface area contributed by atoms with E-state index in [-0.39, 0.29) is 0 Å². The Morgan fingerprint density at radius 2 is 1.75 bits per heavy atom. The maximum atomic E-state index is 5.73. The van der Waals surface area contributed by atoms with Gasteiger partial charge in [-0.1, -0.05) is 54.2 Å². The Hall–Kier alpha value is -2.27. The lowest BCUT2D eigenvalue weighted by molar-refractivity contribution is 0.344. The number of ether oxygens (including phenoxy) is 1. The third kappa shape index (κ3) is 3.79. The van der Waals surface area contributed by atoms with Crippen LogP contribution in [-0.2, 0) is 6.54 Å². The standard InChI is InChI=1S/C19H21N3OS/c1-3-22-18(17-12-8-7-9-15(17)2)20-21-19(22)24-14-13-23-16-10-5-4-6-11-16/h4-12H,3,13-14H2,1-2H3. The molecule has 0 radical (unpaired) electrons. The Morgan fingerprint density at radius 3 is 2.50 bits per heavy atom. The minimum Gasteiger partial charge on any atom is -0.493 e.